The average molecular weight is 428 g/mol. The molecule has 1 fully saturated rings. The lowest BCUT2D eigenvalue weighted by Crippen LogP contribution is -2.50. The van der Waals surface area contributed by atoms with Gasteiger partial charge in [0, 0.05) is 23.0 Å². The lowest BCUT2D eigenvalue weighted by Gasteiger charge is -2.40. The predicted octanol–water partition coefficient (Wildman–Crippen LogP) is 5.53. The maximum absolute atomic E-state index is 12.7. The Kier molecular flexibility index (Phi) is 9.55. The Morgan fingerprint density at radius 3 is 2.31 bits per heavy atom. The van der Waals surface area contributed by atoms with Crippen molar-refractivity contribution in [1.29, 1.82) is 5.26 Å². The summed E-state index contributed by atoms with van der Waals surface area (Å²) in [6.07, 6.45) is 3.64. The van der Waals surface area contributed by atoms with E-state index in [0.717, 1.165) is 25.7 Å². The second kappa shape index (κ2) is 10.5. The number of carbonyl (C=O) groups excluding carboxylic acids is 1. The molecule has 1 saturated carbocycles. The van der Waals surface area contributed by atoms with Crippen molar-refractivity contribution in [2.45, 2.75) is 118 Å². The molecule has 7 heteroatoms. The lowest BCUT2D eigenvalue weighted by atomic mass is 9.87. The van der Waals surface area contributed by atoms with E-state index in [0.29, 0.717) is 13.0 Å². The van der Waals surface area contributed by atoms with Crippen molar-refractivity contribution >= 4 is 14.4 Å². The Bertz CT molecular complexity index is 582. The van der Waals surface area contributed by atoms with E-state index in [-0.39, 0.29) is 34.5 Å². The van der Waals surface area contributed by atoms with Crippen LogP contribution >= 0.6 is 8.53 Å². The summed E-state index contributed by atoms with van der Waals surface area (Å²) in [6, 6.07) is 2.68. The fourth-order valence-corrected chi connectivity index (χ4v) is 5.62. The van der Waals surface area contributed by atoms with Gasteiger partial charge < -0.3 is 14.4 Å². The SMILES string of the molecule is CCC(C)(C)C(=O)NC1(C)CCC(C)(OP(OCCC#N)N(C(C)C)C(C)C)C1. The summed E-state index contributed by atoms with van der Waals surface area (Å²) >= 11 is 0. The molecule has 0 aromatic carbocycles. The molecule has 1 aliphatic rings. The number of nitriles is 1. The Balaban J connectivity index is 2.93. The van der Waals surface area contributed by atoms with Gasteiger partial charge in [-0.2, -0.15) is 5.26 Å². The third kappa shape index (κ3) is 7.47. The second-order valence-electron chi connectivity index (χ2n) is 10.0. The lowest BCUT2D eigenvalue weighted by molar-refractivity contribution is -0.131. The molecule has 29 heavy (non-hydrogen) atoms. The molecule has 6 nitrogen and oxygen atoms in total. The highest BCUT2D eigenvalue weighted by Gasteiger charge is 2.48. The molecular formula is C22H42N3O3P. The van der Waals surface area contributed by atoms with Gasteiger partial charge in [-0.15, -0.1) is 0 Å². The number of rotatable bonds is 11. The van der Waals surface area contributed by atoms with Gasteiger partial charge >= 0.3 is 0 Å². The molecule has 3 atom stereocenters. The van der Waals surface area contributed by atoms with Gasteiger partial charge in [0.2, 0.25) is 5.91 Å². The fourth-order valence-electron chi connectivity index (χ4n) is 3.80. The fraction of sp³-hybridized carbons (Fsp3) is 0.909. The predicted molar refractivity (Wildman–Crippen MR) is 119 cm³/mol. The first-order chi connectivity index (χ1) is 13.3. The van der Waals surface area contributed by atoms with Crippen LogP contribution in [0, 0.1) is 16.7 Å². The van der Waals surface area contributed by atoms with Crippen LogP contribution in [0.4, 0.5) is 0 Å². The molecule has 1 aliphatic carbocycles. The Morgan fingerprint density at radius 2 is 1.83 bits per heavy atom. The monoisotopic (exact) mass is 427 g/mol. The van der Waals surface area contributed by atoms with Gasteiger partial charge in [0.05, 0.1) is 24.7 Å². The molecule has 0 radical (unpaired) electrons. The summed E-state index contributed by atoms with van der Waals surface area (Å²) < 4.78 is 15.0. The first kappa shape index (κ1) is 26.3. The van der Waals surface area contributed by atoms with Crippen molar-refractivity contribution in [1.82, 2.24) is 9.99 Å². The van der Waals surface area contributed by atoms with Crippen LogP contribution in [0.2, 0.25) is 0 Å². The van der Waals surface area contributed by atoms with E-state index in [2.05, 4.69) is 57.6 Å². The zero-order chi connectivity index (χ0) is 22.5. The van der Waals surface area contributed by atoms with E-state index >= 15 is 0 Å². The third-order valence-corrected chi connectivity index (χ3v) is 8.15. The van der Waals surface area contributed by atoms with Crippen molar-refractivity contribution in [3.63, 3.8) is 0 Å². The topological polar surface area (TPSA) is 74.6 Å². The second-order valence-corrected chi connectivity index (χ2v) is 11.4. The van der Waals surface area contributed by atoms with Crippen LogP contribution in [0.1, 0.15) is 94.4 Å². The van der Waals surface area contributed by atoms with Gasteiger partial charge in [0.25, 0.3) is 8.53 Å². The minimum Gasteiger partial charge on any atom is -0.350 e. The van der Waals surface area contributed by atoms with Gasteiger partial charge in [0.15, 0.2) is 0 Å². The molecule has 0 aromatic heterocycles. The molecule has 0 aliphatic heterocycles. The first-order valence-corrected chi connectivity index (χ1v) is 12.0. The summed E-state index contributed by atoms with van der Waals surface area (Å²) in [7, 11) is -1.29. The number of hydrogen-bond acceptors (Lipinski definition) is 5. The zero-order valence-corrected chi connectivity index (χ0v) is 20.9. The Labute approximate surface area is 179 Å². The van der Waals surface area contributed by atoms with E-state index in [1.807, 2.05) is 20.8 Å². The number of hydrogen-bond donors (Lipinski definition) is 1. The number of carbonyl (C=O) groups is 1. The summed E-state index contributed by atoms with van der Waals surface area (Å²) in [5.41, 5.74) is -1.03. The van der Waals surface area contributed by atoms with E-state index in [9.17, 15) is 4.79 Å². The quantitative estimate of drug-likeness (QED) is 0.346. The van der Waals surface area contributed by atoms with Crippen LogP contribution < -0.4 is 5.32 Å². The summed E-state index contributed by atoms with van der Waals surface area (Å²) in [6.45, 7) is 19.2. The average Bonchev–Trinajstić information content (AvgIpc) is 2.88. The van der Waals surface area contributed by atoms with E-state index < -0.39 is 8.53 Å². The maximum Gasteiger partial charge on any atom is 0.259 e. The molecule has 1 N–H and O–H groups in total. The standard InChI is InChI=1S/C22H42N3O3P/c1-10-20(6,7)19(26)24-21(8)12-13-22(9,16-21)28-29(27-15-11-14-23)25(17(2)3)18(4)5/h17-18H,10-13,15-16H2,1-9H3,(H,24,26). The molecule has 1 rings (SSSR count). The molecule has 0 heterocycles. The molecule has 1 amide bonds. The molecule has 0 saturated heterocycles. The molecule has 3 unspecified atom stereocenters. The van der Waals surface area contributed by atoms with Gasteiger partial charge in [-0.1, -0.05) is 20.8 Å². The summed E-state index contributed by atoms with van der Waals surface area (Å²) in [5.74, 6) is 0.102. The number of amides is 1. The van der Waals surface area contributed by atoms with Crippen LogP contribution in [0.5, 0.6) is 0 Å². The minimum absolute atomic E-state index is 0.102. The summed E-state index contributed by atoms with van der Waals surface area (Å²) in [5, 5.41) is 12.2. The van der Waals surface area contributed by atoms with Gasteiger partial charge in [-0.3, -0.25) is 4.79 Å². The van der Waals surface area contributed by atoms with Crippen molar-refractivity contribution < 1.29 is 13.8 Å². The first-order valence-electron chi connectivity index (χ1n) is 10.9. The van der Waals surface area contributed by atoms with Crippen molar-refractivity contribution in [2.24, 2.45) is 5.41 Å². The molecule has 0 bridgehead atoms. The minimum atomic E-state index is -1.29. The summed E-state index contributed by atoms with van der Waals surface area (Å²) in [4.78, 5) is 12.7. The molecule has 168 valence electrons. The van der Waals surface area contributed by atoms with Crippen molar-refractivity contribution in [2.75, 3.05) is 6.61 Å². The van der Waals surface area contributed by atoms with E-state index in [1.165, 1.54) is 0 Å². The third-order valence-electron chi connectivity index (χ3n) is 5.84. The van der Waals surface area contributed by atoms with Crippen LogP contribution in [0.3, 0.4) is 0 Å². The number of nitrogens with zero attached hydrogens (tertiary/aromatic N) is 2. The normalized spacial score (nSPS) is 26.2. The Hall–Kier alpha value is -0.730. The van der Waals surface area contributed by atoms with Crippen LogP contribution in [-0.2, 0) is 13.8 Å². The maximum atomic E-state index is 12.7. The van der Waals surface area contributed by atoms with E-state index in [4.69, 9.17) is 14.3 Å². The van der Waals surface area contributed by atoms with Gasteiger partial charge in [-0.25, -0.2) is 4.67 Å². The largest absolute Gasteiger partial charge is 0.350 e. The Morgan fingerprint density at radius 1 is 1.24 bits per heavy atom. The van der Waals surface area contributed by atoms with Crippen molar-refractivity contribution in [3.05, 3.63) is 0 Å². The van der Waals surface area contributed by atoms with E-state index in [1.54, 1.807) is 0 Å². The highest BCUT2D eigenvalue weighted by molar-refractivity contribution is 7.44. The van der Waals surface area contributed by atoms with Crippen LogP contribution in [-0.4, -0.2) is 40.4 Å². The number of nitrogens with one attached hydrogen (secondary N) is 1. The smallest absolute Gasteiger partial charge is 0.259 e. The van der Waals surface area contributed by atoms with Crippen LogP contribution in [0.25, 0.3) is 0 Å². The van der Waals surface area contributed by atoms with Gasteiger partial charge in [-0.05, 0) is 67.2 Å². The zero-order valence-electron chi connectivity index (χ0n) is 20.0. The molecule has 0 spiro atoms. The highest BCUT2D eigenvalue weighted by Crippen LogP contribution is 2.54. The molecular weight excluding hydrogens is 385 g/mol. The van der Waals surface area contributed by atoms with Gasteiger partial charge in [0.1, 0.15) is 0 Å². The molecule has 0 aromatic rings. The highest BCUT2D eigenvalue weighted by atomic mass is 31.2. The van der Waals surface area contributed by atoms with Crippen LogP contribution in [0.15, 0.2) is 0 Å². The van der Waals surface area contributed by atoms with Crippen molar-refractivity contribution in [3.8, 4) is 6.07 Å².